The molecule has 0 bridgehead atoms. The second-order valence-corrected chi connectivity index (χ2v) is 5.21. The monoisotopic (exact) mass is 333 g/mol. The number of carbonyl (C=O) groups is 1. The van der Waals surface area contributed by atoms with Crippen molar-refractivity contribution >= 4 is 40.8 Å². The summed E-state index contributed by atoms with van der Waals surface area (Å²) in [6, 6.07) is 4.03. The lowest BCUT2D eigenvalue weighted by atomic mass is 10.0. The molecule has 1 aromatic carbocycles. The number of carboxylic acid groups (broad SMARTS) is 1. The van der Waals surface area contributed by atoms with Gasteiger partial charge in [-0.2, -0.15) is 0 Å². The second kappa shape index (κ2) is 5.95. The Morgan fingerprint density at radius 1 is 1.20 bits per heavy atom. The highest BCUT2D eigenvalue weighted by Crippen LogP contribution is 2.38. The molecule has 0 radical (unpaired) electrons. The van der Waals surface area contributed by atoms with Gasteiger partial charge >= 0.3 is 5.97 Å². The van der Waals surface area contributed by atoms with E-state index in [0.29, 0.717) is 10.6 Å². The van der Waals surface area contributed by atoms with Crippen molar-refractivity contribution in [1.29, 1.82) is 0 Å². The number of carboxylic acids is 1. The number of hydrogen-bond acceptors (Lipinski definition) is 2. The molecule has 0 amide bonds. The Balaban J connectivity index is 2.68. The van der Waals surface area contributed by atoms with Gasteiger partial charge in [-0.05, 0) is 18.2 Å². The minimum atomic E-state index is -1.09. The molecule has 1 N–H and O–H groups in total. The molecule has 0 unspecified atom stereocenters. The average Bonchev–Trinajstić information content (AvgIpc) is 2.30. The summed E-state index contributed by atoms with van der Waals surface area (Å²) < 4.78 is 13.4. The zero-order valence-corrected chi connectivity index (χ0v) is 12.1. The first-order valence-electron chi connectivity index (χ1n) is 5.39. The summed E-state index contributed by atoms with van der Waals surface area (Å²) in [6.45, 7) is 0. The first kappa shape index (κ1) is 15.0. The van der Waals surface area contributed by atoms with Crippen molar-refractivity contribution in [2.75, 3.05) is 0 Å². The Bertz CT molecular complexity index is 668. The topological polar surface area (TPSA) is 50.2 Å². The fraction of sp³-hybridized carbons (Fsp3) is 0.0769. The third-order valence-corrected chi connectivity index (χ3v) is 3.35. The van der Waals surface area contributed by atoms with E-state index in [4.69, 9.17) is 39.9 Å². The van der Waals surface area contributed by atoms with Crippen molar-refractivity contribution < 1.29 is 14.3 Å². The van der Waals surface area contributed by atoms with E-state index < -0.39 is 11.8 Å². The number of aliphatic carboxylic acids is 1. The lowest BCUT2D eigenvalue weighted by Gasteiger charge is -2.11. The molecule has 0 aliphatic heterocycles. The zero-order chi connectivity index (χ0) is 14.9. The van der Waals surface area contributed by atoms with Crippen LogP contribution < -0.4 is 0 Å². The average molecular weight is 335 g/mol. The standard InChI is InChI=1S/C13H7Cl3FNO2/c14-6-1-9(15)13(10(16)2-6)8-3-7(17)5-18-11(8)4-12(19)20/h1-3,5H,4H2,(H,19,20). The highest BCUT2D eigenvalue weighted by molar-refractivity contribution is 6.41. The van der Waals surface area contributed by atoms with Gasteiger partial charge in [-0.15, -0.1) is 0 Å². The summed E-state index contributed by atoms with van der Waals surface area (Å²) in [7, 11) is 0. The number of nitrogens with zero attached hydrogens (tertiary/aromatic N) is 1. The maximum Gasteiger partial charge on any atom is 0.309 e. The predicted octanol–water partition coefficient (Wildman–Crippen LogP) is 4.48. The fourth-order valence-electron chi connectivity index (χ4n) is 1.77. The molecule has 0 aliphatic carbocycles. The molecule has 2 rings (SSSR count). The molecule has 0 aliphatic rings. The van der Waals surface area contributed by atoms with E-state index in [1.54, 1.807) is 0 Å². The molecule has 3 nitrogen and oxygen atoms in total. The SMILES string of the molecule is O=C(O)Cc1ncc(F)cc1-c1c(Cl)cc(Cl)cc1Cl. The lowest BCUT2D eigenvalue weighted by Crippen LogP contribution is -2.05. The van der Waals surface area contributed by atoms with E-state index in [0.717, 1.165) is 12.3 Å². The van der Waals surface area contributed by atoms with Crippen molar-refractivity contribution in [3.8, 4) is 11.1 Å². The van der Waals surface area contributed by atoms with Crippen LogP contribution in [0.5, 0.6) is 0 Å². The number of benzene rings is 1. The van der Waals surface area contributed by atoms with Crippen LogP contribution in [-0.2, 0) is 11.2 Å². The van der Waals surface area contributed by atoms with Gasteiger partial charge in [-0.1, -0.05) is 34.8 Å². The van der Waals surface area contributed by atoms with Crippen LogP contribution in [0.1, 0.15) is 5.69 Å². The highest BCUT2D eigenvalue weighted by Gasteiger charge is 2.17. The molecule has 0 spiro atoms. The molecular formula is C13H7Cl3FNO2. The molecule has 20 heavy (non-hydrogen) atoms. The van der Waals surface area contributed by atoms with Crippen LogP contribution in [0.3, 0.4) is 0 Å². The molecule has 7 heteroatoms. The zero-order valence-electron chi connectivity index (χ0n) is 9.83. The summed E-state index contributed by atoms with van der Waals surface area (Å²) in [4.78, 5) is 14.6. The summed E-state index contributed by atoms with van der Waals surface area (Å²) in [5.41, 5.74) is 0.713. The van der Waals surface area contributed by atoms with E-state index in [9.17, 15) is 9.18 Å². The molecule has 0 fully saturated rings. The van der Waals surface area contributed by atoms with Crippen LogP contribution in [0, 0.1) is 5.82 Å². The van der Waals surface area contributed by atoms with E-state index in [1.165, 1.54) is 12.1 Å². The van der Waals surface area contributed by atoms with Crippen LogP contribution in [-0.4, -0.2) is 16.1 Å². The van der Waals surface area contributed by atoms with E-state index >= 15 is 0 Å². The third-order valence-electron chi connectivity index (χ3n) is 2.53. The van der Waals surface area contributed by atoms with Crippen molar-refractivity contribution in [3.05, 3.63) is 51.0 Å². The Morgan fingerprint density at radius 3 is 2.35 bits per heavy atom. The smallest absolute Gasteiger partial charge is 0.309 e. The summed E-state index contributed by atoms with van der Waals surface area (Å²) in [6.07, 6.45) is 0.574. The normalized spacial score (nSPS) is 10.6. The molecule has 2 aromatic rings. The second-order valence-electron chi connectivity index (χ2n) is 3.96. The quantitative estimate of drug-likeness (QED) is 0.900. The van der Waals surface area contributed by atoms with Crippen LogP contribution in [0.15, 0.2) is 24.4 Å². The number of aromatic nitrogens is 1. The van der Waals surface area contributed by atoms with Crippen LogP contribution in [0.25, 0.3) is 11.1 Å². The summed E-state index contributed by atoms with van der Waals surface area (Å²) >= 11 is 17.9. The predicted molar refractivity (Wildman–Crippen MR) is 76.0 cm³/mol. The molecule has 0 saturated carbocycles. The number of rotatable bonds is 3. The van der Waals surface area contributed by atoms with E-state index in [-0.39, 0.29) is 27.7 Å². The Kier molecular flexibility index (Phi) is 4.48. The fourth-order valence-corrected chi connectivity index (χ4v) is 2.79. The maximum absolute atomic E-state index is 13.4. The molecule has 0 saturated heterocycles. The molecule has 1 aromatic heterocycles. The minimum absolute atomic E-state index is 0.171. The Morgan fingerprint density at radius 2 is 1.80 bits per heavy atom. The van der Waals surface area contributed by atoms with Gasteiger partial charge < -0.3 is 5.11 Å². The van der Waals surface area contributed by atoms with Gasteiger partial charge in [0.25, 0.3) is 0 Å². The molecule has 0 atom stereocenters. The van der Waals surface area contributed by atoms with Gasteiger partial charge in [0.15, 0.2) is 0 Å². The van der Waals surface area contributed by atoms with Crippen molar-refractivity contribution in [2.45, 2.75) is 6.42 Å². The first-order chi connectivity index (χ1) is 9.38. The van der Waals surface area contributed by atoms with Crippen LogP contribution in [0.2, 0.25) is 15.1 Å². The van der Waals surface area contributed by atoms with E-state index in [2.05, 4.69) is 4.98 Å². The van der Waals surface area contributed by atoms with Gasteiger partial charge in [0, 0.05) is 16.1 Å². The first-order valence-corrected chi connectivity index (χ1v) is 6.53. The Hall–Kier alpha value is -1.36. The van der Waals surface area contributed by atoms with Crippen LogP contribution in [0.4, 0.5) is 4.39 Å². The minimum Gasteiger partial charge on any atom is -0.481 e. The highest BCUT2D eigenvalue weighted by atomic mass is 35.5. The number of hydrogen-bond donors (Lipinski definition) is 1. The van der Waals surface area contributed by atoms with Gasteiger partial charge in [0.1, 0.15) is 5.82 Å². The van der Waals surface area contributed by atoms with Gasteiger partial charge in [0.05, 0.1) is 28.4 Å². The number of pyridine rings is 1. The van der Waals surface area contributed by atoms with Crippen LogP contribution >= 0.6 is 34.8 Å². The van der Waals surface area contributed by atoms with Gasteiger partial charge in [0.2, 0.25) is 0 Å². The maximum atomic E-state index is 13.4. The van der Waals surface area contributed by atoms with Gasteiger partial charge in [-0.25, -0.2) is 4.39 Å². The molecule has 104 valence electrons. The Labute approximate surface area is 128 Å². The lowest BCUT2D eigenvalue weighted by molar-refractivity contribution is -0.136. The summed E-state index contributed by atoms with van der Waals surface area (Å²) in [5, 5.41) is 9.59. The van der Waals surface area contributed by atoms with Gasteiger partial charge in [-0.3, -0.25) is 9.78 Å². The van der Waals surface area contributed by atoms with E-state index in [1.807, 2.05) is 0 Å². The van der Waals surface area contributed by atoms with Crippen molar-refractivity contribution in [1.82, 2.24) is 4.98 Å². The summed E-state index contributed by atoms with van der Waals surface area (Å²) in [5.74, 6) is -1.71. The van der Waals surface area contributed by atoms with Crippen molar-refractivity contribution in [2.24, 2.45) is 0 Å². The number of halogens is 4. The molecular weight excluding hydrogens is 328 g/mol. The third kappa shape index (κ3) is 3.20. The largest absolute Gasteiger partial charge is 0.481 e. The molecule has 1 heterocycles. The van der Waals surface area contributed by atoms with Crippen molar-refractivity contribution in [3.63, 3.8) is 0 Å².